The highest BCUT2D eigenvalue weighted by molar-refractivity contribution is 6.31. The van der Waals surface area contributed by atoms with Crippen LogP contribution < -0.4 is 5.69 Å². The molecule has 0 fully saturated rings. The topological polar surface area (TPSA) is 34.9 Å². The molecule has 0 amide bonds. The Hall–Kier alpha value is -2.20. The third-order valence-corrected chi connectivity index (χ3v) is 3.57. The standard InChI is InChI=1S/C16H12ClFN2O/c1-2-14-13-7-6-10(17)8-15(13)20(16(21)19-14)12-5-3-4-11(18)9-12/h3-9H,2H2,1H3. The SMILES string of the molecule is CCc1nc(=O)n(-c2cccc(F)c2)c2cc(Cl)ccc12. The summed E-state index contributed by atoms with van der Waals surface area (Å²) in [7, 11) is 0. The van der Waals surface area contributed by atoms with Crippen LogP contribution in [0.15, 0.2) is 47.3 Å². The van der Waals surface area contributed by atoms with Crippen LogP contribution in [0.4, 0.5) is 4.39 Å². The van der Waals surface area contributed by atoms with E-state index in [1.807, 2.05) is 13.0 Å². The smallest absolute Gasteiger partial charge is 0.260 e. The Morgan fingerprint density at radius 2 is 2.05 bits per heavy atom. The number of nitrogens with zero attached hydrogens (tertiary/aromatic N) is 2. The van der Waals surface area contributed by atoms with E-state index in [9.17, 15) is 9.18 Å². The molecule has 3 nitrogen and oxygen atoms in total. The molecule has 0 aliphatic carbocycles. The summed E-state index contributed by atoms with van der Waals surface area (Å²) >= 11 is 6.05. The van der Waals surface area contributed by atoms with Crippen LogP contribution in [0.25, 0.3) is 16.6 Å². The lowest BCUT2D eigenvalue weighted by atomic mass is 10.1. The molecule has 106 valence electrons. The number of hydrogen-bond acceptors (Lipinski definition) is 2. The molecule has 0 N–H and O–H groups in total. The quantitative estimate of drug-likeness (QED) is 0.723. The summed E-state index contributed by atoms with van der Waals surface area (Å²) in [6.07, 6.45) is 0.636. The summed E-state index contributed by atoms with van der Waals surface area (Å²) in [6.45, 7) is 1.93. The second-order valence-electron chi connectivity index (χ2n) is 4.67. The Morgan fingerprint density at radius 1 is 1.24 bits per heavy atom. The van der Waals surface area contributed by atoms with E-state index >= 15 is 0 Å². The van der Waals surface area contributed by atoms with Gasteiger partial charge in [0, 0.05) is 10.4 Å². The third-order valence-electron chi connectivity index (χ3n) is 3.33. The zero-order valence-corrected chi connectivity index (χ0v) is 12.1. The van der Waals surface area contributed by atoms with Crippen LogP contribution in [0.5, 0.6) is 0 Å². The second-order valence-corrected chi connectivity index (χ2v) is 5.11. The fourth-order valence-corrected chi connectivity index (χ4v) is 2.56. The first-order valence-corrected chi connectivity index (χ1v) is 6.95. The Kier molecular flexibility index (Phi) is 3.47. The highest BCUT2D eigenvalue weighted by atomic mass is 35.5. The van der Waals surface area contributed by atoms with Gasteiger partial charge in [0.15, 0.2) is 0 Å². The zero-order chi connectivity index (χ0) is 15.0. The third kappa shape index (κ3) is 2.43. The van der Waals surface area contributed by atoms with Gasteiger partial charge in [-0.25, -0.2) is 9.18 Å². The highest BCUT2D eigenvalue weighted by Gasteiger charge is 2.11. The van der Waals surface area contributed by atoms with Crippen molar-refractivity contribution in [3.05, 3.63) is 69.5 Å². The molecule has 0 atom stereocenters. The number of fused-ring (bicyclic) bond motifs is 1. The van der Waals surface area contributed by atoms with Gasteiger partial charge in [-0.05, 0) is 42.8 Å². The predicted molar refractivity (Wildman–Crippen MR) is 81.7 cm³/mol. The van der Waals surface area contributed by atoms with Gasteiger partial charge < -0.3 is 0 Å². The summed E-state index contributed by atoms with van der Waals surface area (Å²) in [5, 5.41) is 1.35. The van der Waals surface area contributed by atoms with Crippen molar-refractivity contribution >= 4 is 22.5 Å². The van der Waals surface area contributed by atoms with Crippen molar-refractivity contribution in [2.24, 2.45) is 0 Å². The lowest BCUT2D eigenvalue weighted by molar-refractivity contribution is 0.626. The molecule has 0 saturated heterocycles. The average molecular weight is 303 g/mol. The van der Waals surface area contributed by atoms with Crippen LogP contribution in [-0.2, 0) is 6.42 Å². The van der Waals surface area contributed by atoms with Gasteiger partial charge in [-0.3, -0.25) is 4.57 Å². The van der Waals surface area contributed by atoms with Gasteiger partial charge in [0.1, 0.15) is 5.82 Å². The minimum absolute atomic E-state index is 0.408. The maximum Gasteiger partial charge on any atom is 0.352 e. The number of aryl methyl sites for hydroxylation is 1. The minimum Gasteiger partial charge on any atom is -0.260 e. The number of aromatic nitrogens is 2. The average Bonchev–Trinajstić information content (AvgIpc) is 2.46. The van der Waals surface area contributed by atoms with Crippen molar-refractivity contribution in [3.8, 4) is 5.69 Å². The monoisotopic (exact) mass is 302 g/mol. The molecule has 3 rings (SSSR count). The molecule has 0 unspecified atom stereocenters. The summed E-state index contributed by atoms with van der Waals surface area (Å²) in [6, 6.07) is 11.1. The first-order chi connectivity index (χ1) is 10.1. The second kappa shape index (κ2) is 5.30. The summed E-state index contributed by atoms with van der Waals surface area (Å²) in [4.78, 5) is 16.4. The van der Waals surface area contributed by atoms with Crippen molar-refractivity contribution in [2.45, 2.75) is 13.3 Å². The molecule has 0 radical (unpaired) electrons. The Labute approximate surface area is 125 Å². The molecular weight excluding hydrogens is 291 g/mol. The van der Waals surface area contributed by atoms with E-state index in [2.05, 4.69) is 4.98 Å². The van der Waals surface area contributed by atoms with E-state index in [0.717, 1.165) is 5.39 Å². The highest BCUT2D eigenvalue weighted by Crippen LogP contribution is 2.23. The zero-order valence-electron chi connectivity index (χ0n) is 11.3. The summed E-state index contributed by atoms with van der Waals surface area (Å²) < 4.78 is 14.8. The number of halogens is 2. The van der Waals surface area contributed by atoms with E-state index in [-0.39, 0.29) is 0 Å². The van der Waals surface area contributed by atoms with Gasteiger partial charge in [-0.1, -0.05) is 24.6 Å². The van der Waals surface area contributed by atoms with Gasteiger partial charge >= 0.3 is 5.69 Å². The van der Waals surface area contributed by atoms with E-state index in [0.29, 0.717) is 28.3 Å². The predicted octanol–water partition coefficient (Wildman–Crippen LogP) is 3.74. The molecule has 0 saturated carbocycles. The van der Waals surface area contributed by atoms with Crippen molar-refractivity contribution < 1.29 is 4.39 Å². The molecule has 0 bridgehead atoms. The number of rotatable bonds is 2. The van der Waals surface area contributed by atoms with Crippen molar-refractivity contribution in [2.75, 3.05) is 0 Å². The van der Waals surface area contributed by atoms with Gasteiger partial charge in [-0.2, -0.15) is 4.98 Å². The lowest BCUT2D eigenvalue weighted by Crippen LogP contribution is -2.23. The molecule has 0 aliphatic rings. The Bertz CT molecular complexity index is 889. The van der Waals surface area contributed by atoms with Crippen LogP contribution in [0.2, 0.25) is 5.02 Å². The first-order valence-electron chi connectivity index (χ1n) is 6.57. The molecule has 1 aromatic heterocycles. The van der Waals surface area contributed by atoms with Gasteiger partial charge in [-0.15, -0.1) is 0 Å². The maximum atomic E-state index is 13.4. The molecule has 3 aromatic rings. The Morgan fingerprint density at radius 3 is 2.76 bits per heavy atom. The lowest BCUT2D eigenvalue weighted by Gasteiger charge is -2.12. The van der Waals surface area contributed by atoms with Crippen molar-refractivity contribution in [3.63, 3.8) is 0 Å². The van der Waals surface area contributed by atoms with E-state index < -0.39 is 11.5 Å². The molecule has 0 aliphatic heterocycles. The Balaban J connectivity index is 2.45. The fraction of sp³-hybridized carbons (Fsp3) is 0.125. The number of hydrogen-bond donors (Lipinski definition) is 0. The van der Waals surface area contributed by atoms with Crippen LogP contribution in [0, 0.1) is 5.82 Å². The van der Waals surface area contributed by atoms with Gasteiger partial charge in [0.05, 0.1) is 16.9 Å². The van der Waals surface area contributed by atoms with Crippen LogP contribution >= 0.6 is 11.6 Å². The summed E-state index contributed by atoms with van der Waals surface area (Å²) in [5.74, 6) is -0.408. The van der Waals surface area contributed by atoms with Crippen molar-refractivity contribution in [1.29, 1.82) is 0 Å². The molecule has 5 heteroatoms. The van der Waals surface area contributed by atoms with E-state index in [4.69, 9.17) is 11.6 Å². The maximum absolute atomic E-state index is 13.4. The molecule has 21 heavy (non-hydrogen) atoms. The molecular formula is C16H12ClFN2O. The van der Waals surface area contributed by atoms with Crippen LogP contribution in [-0.4, -0.2) is 9.55 Å². The van der Waals surface area contributed by atoms with Gasteiger partial charge in [0.25, 0.3) is 0 Å². The van der Waals surface area contributed by atoms with Gasteiger partial charge in [0.2, 0.25) is 0 Å². The van der Waals surface area contributed by atoms with E-state index in [1.165, 1.54) is 16.7 Å². The van der Waals surface area contributed by atoms with Crippen LogP contribution in [0.3, 0.4) is 0 Å². The van der Waals surface area contributed by atoms with Crippen molar-refractivity contribution in [1.82, 2.24) is 9.55 Å². The van der Waals surface area contributed by atoms with E-state index in [1.54, 1.807) is 24.3 Å². The normalized spacial score (nSPS) is 11.0. The fourth-order valence-electron chi connectivity index (χ4n) is 2.40. The van der Waals surface area contributed by atoms with Crippen LogP contribution in [0.1, 0.15) is 12.6 Å². The summed E-state index contributed by atoms with van der Waals surface area (Å²) in [5.41, 5.74) is 1.33. The molecule has 2 aromatic carbocycles. The number of benzene rings is 2. The molecule has 0 spiro atoms. The molecule has 1 heterocycles. The first kappa shape index (κ1) is 13.8. The largest absolute Gasteiger partial charge is 0.352 e. The minimum atomic E-state index is -0.438.